The van der Waals surface area contributed by atoms with Crippen molar-refractivity contribution < 1.29 is 5.11 Å². The first kappa shape index (κ1) is 9.36. The van der Waals surface area contributed by atoms with Crippen LogP contribution in [-0.2, 0) is 6.54 Å². The lowest BCUT2D eigenvalue weighted by Gasteiger charge is -2.03. The number of nitrogens with zero attached hydrogens (tertiary/aromatic N) is 3. The smallest absolute Gasteiger partial charge is 0.125 e. The van der Waals surface area contributed by atoms with Crippen molar-refractivity contribution in [3.05, 3.63) is 35.1 Å². The summed E-state index contributed by atoms with van der Waals surface area (Å²) in [7, 11) is 0. The van der Waals surface area contributed by atoms with Crippen LogP contribution in [0, 0.1) is 0 Å². The number of hydrogen-bond donors (Lipinski definition) is 1. The largest absolute Gasteiger partial charge is 0.382 e. The van der Waals surface area contributed by atoms with Crippen LogP contribution in [0.2, 0.25) is 0 Å². The zero-order valence-electron chi connectivity index (χ0n) is 7.79. The van der Waals surface area contributed by atoms with Crippen molar-refractivity contribution in [1.29, 1.82) is 0 Å². The van der Waals surface area contributed by atoms with Gasteiger partial charge in [-0.15, -0.1) is 0 Å². The number of aryl methyl sites for hydroxylation is 1. The van der Waals surface area contributed by atoms with E-state index in [1.54, 1.807) is 10.9 Å². The molecule has 74 valence electrons. The summed E-state index contributed by atoms with van der Waals surface area (Å²) in [5, 5.41) is 15.8. The molecule has 0 saturated heterocycles. The van der Waals surface area contributed by atoms with E-state index in [0.29, 0.717) is 5.69 Å². The Morgan fingerprint density at radius 1 is 1.64 bits per heavy atom. The van der Waals surface area contributed by atoms with Crippen molar-refractivity contribution in [3.8, 4) is 0 Å². The molecule has 0 aromatic carbocycles. The summed E-state index contributed by atoms with van der Waals surface area (Å²) < 4.78 is 5.86. The summed E-state index contributed by atoms with van der Waals surface area (Å²) in [6.07, 6.45) is 2.86. The Bertz CT molecular complexity index is 396. The minimum atomic E-state index is -0.651. The summed E-state index contributed by atoms with van der Waals surface area (Å²) in [4.78, 5) is 0. The van der Waals surface area contributed by atoms with Crippen molar-refractivity contribution in [2.45, 2.75) is 19.6 Å². The quantitative estimate of drug-likeness (QED) is 0.832. The molecule has 2 aromatic rings. The number of rotatable bonds is 3. The monoisotopic (exact) mass is 209 g/mol. The lowest BCUT2D eigenvalue weighted by atomic mass is 10.1. The first-order valence-electron chi connectivity index (χ1n) is 4.42. The van der Waals surface area contributed by atoms with E-state index >= 15 is 0 Å². The second kappa shape index (κ2) is 3.89. The highest BCUT2D eigenvalue weighted by Gasteiger charge is 2.13. The second-order valence-corrected chi connectivity index (χ2v) is 3.62. The molecule has 2 aromatic heterocycles. The van der Waals surface area contributed by atoms with E-state index in [-0.39, 0.29) is 0 Å². The Labute approximate surface area is 86.0 Å². The summed E-state index contributed by atoms with van der Waals surface area (Å²) in [6.45, 7) is 2.82. The fraction of sp³-hybridized carbons (Fsp3) is 0.333. The van der Waals surface area contributed by atoms with Gasteiger partial charge in [0.25, 0.3) is 0 Å². The van der Waals surface area contributed by atoms with Crippen molar-refractivity contribution in [3.63, 3.8) is 0 Å². The molecule has 0 aliphatic rings. The van der Waals surface area contributed by atoms with E-state index in [0.717, 1.165) is 12.1 Å². The topological polar surface area (TPSA) is 50.9 Å². The van der Waals surface area contributed by atoms with Crippen molar-refractivity contribution in [2.24, 2.45) is 0 Å². The van der Waals surface area contributed by atoms with Gasteiger partial charge in [0, 0.05) is 23.7 Å². The van der Waals surface area contributed by atoms with Gasteiger partial charge in [-0.2, -0.15) is 9.47 Å². The minimum absolute atomic E-state index is 0.651. The Hall–Kier alpha value is -1.20. The summed E-state index contributed by atoms with van der Waals surface area (Å²) in [6, 6.07) is 1.82. The van der Waals surface area contributed by atoms with Gasteiger partial charge < -0.3 is 5.11 Å². The first-order valence-corrected chi connectivity index (χ1v) is 5.25. The van der Waals surface area contributed by atoms with E-state index < -0.39 is 6.10 Å². The molecule has 2 heterocycles. The number of aliphatic hydroxyl groups is 1. The second-order valence-electron chi connectivity index (χ2n) is 2.96. The standard InChI is InChI=1S/C9H11N3OS/c1-2-12-6-7(5-10-12)9(13)8-3-4-14-11-8/h3-6,9,13H,2H2,1H3. The molecule has 0 saturated carbocycles. The molecule has 1 unspecified atom stereocenters. The molecule has 2 rings (SSSR count). The van der Waals surface area contributed by atoms with Crippen LogP contribution in [-0.4, -0.2) is 19.3 Å². The molecule has 4 nitrogen and oxygen atoms in total. The molecule has 0 spiro atoms. The Kier molecular flexibility index (Phi) is 2.60. The van der Waals surface area contributed by atoms with Gasteiger partial charge in [-0.1, -0.05) is 0 Å². The number of hydrogen-bond acceptors (Lipinski definition) is 4. The fourth-order valence-electron chi connectivity index (χ4n) is 1.23. The molecule has 0 aliphatic heterocycles. The molecule has 5 heteroatoms. The average molecular weight is 209 g/mol. The van der Waals surface area contributed by atoms with Crippen LogP contribution in [0.15, 0.2) is 23.8 Å². The summed E-state index contributed by atoms with van der Waals surface area (Å²) >= 11 is 1.34. The maximum atomic E-state index is 9.88. The van der Waals surface area contributed by atoms with Crippen LogP contribution in [0.25, 0.3) is 0 Å². The van der Waals surface area contributed by atoms with E-state index in [9.17, 15) is 5.11 Å². The van der Waals surface area contributed by atoms with Gasteiger partial charge in [0.1, 0.15) is 6.10 Å². The van der Waals surface area contributed by atoms with E-state index in [1.807, 2.05) is 24.6 Å². The maximum Gasteiger partial charge on any atom is 0.125 e. The molecular formula is C9H11N3OS. The van der Waals surface area contributed by atoms with Gasteiger partial charge in [0.2, 0.25) is 0 Å². The van der Waals surface area contributed by atoms with E-state index in [2.05, 4.69) is 9.47 Å². The number of aromatic nitrogens is 3. The fourth-order valence-corrected chi connectivity index (χ4v) is 1.77. The van der Waals surface area contributed by atoms with E-state index in [1.165, 1.54) is 11.5 Å². The Morgan fingerprint density at radius 3 is 3.07 bits per heavy atom. The third kappa shape index (κ3) is 1.69. The van der Waals surface area contributed by atoms with Crippen LogP contribution in [0.3, 0.4) is 0 Å². The van der Waals surface area contributed by atoms with Crippen molar-refractivity contribution in [1.82, 2.24) is 14.2 Å². The van der Waals surface area contributed by atoms with Gasteiger partial charge in [0.15, 0.2) is 0 Å². The maximum absolute atomic E-state index is 9.88. The average Bonchev–Trinajstić information content (AvgIpc) is 2.88. The predicted octanol–water partition coefficient (Wildman–Crippen LogP) is 1.44. The zero-order chi connectivity index (χ0) is 9.97. The van der Waals surface area contributed by atoms with Gasteiger partial charge >= 0.3 is 0 Å². The molecule has 14 heavy (non-hydrogen) atoms. The predicted molar refractivity (Wildman–Crippen MR) is 54.1 cm³/mol. The molecule has 1 atom stereocenters. The van der Waals surface area contributed by atoms with Crippen LogP contribution in [0.4, 0.5) is 0 Å². The molecule has 1 N–H and O–H groups in total. The van der Waals surface area contributed by atoms with Gasteiger partial charge in [-0.3, -0.25) is 4.68 Å². The van der Waals surface area contributed by atoms with Crippen LogP contribution in [0.1, 0.15) is 24.3 Å². The lowest BCUT2D eigenvalue weighted by molar-refractivity contribution is 0.216. The normalized spacial score (nSPS) is 13.0. The zero-order valence-corrected chi connectivity index (χ0v) is 8.61. The first-order chi connectivity index (χ1) is 6.81. The van der Waals surface area contributed by atoms with Crippen LogP contribution >= 0.6 is 11.5 Å². The highest BCUT2D eigenvalue weighted by atomic mass is 32.1. The van der Waals surface area contributed by atoms with Gasteiger partial charge in [-0.05, 0) is 24.5 Å². The molecule has 0 bridgehead atoms. The SMILES string of the molecule is CCn1cc(C(O)c2ccsn2)cn1. The van der Waals surface area contributed by atoms with Gasteiger partial charge in [-0.25, -0.2) is 0 Å². The lowest BCUT2D eigenvalue weighted by Crippen LogP contribution is -1.98. The van der Waals surface area contributed by atoms with Crippen LogP contribution in [0.5, 0.6) is 0 Å². The van der Waals surface area contributed by atoms with Crippen LogP contribution < -0.4 is 0 Å². The molecule has 0 aliphatic carbocycles. The van der Waals surface area contributed by atoms with Gasteiger partial charge in [0.05, 0.1) is 11.9 Å². The Balaban J connectivity index is 2.23. The third-order valence-electron chi connectivity index (χ3n) is 2.03. The molecular weight excluding hydrogens is 198 g/mol. The van der Waals surface area contributed by atoms with Crippen molar-refractivity contribution in [2.75, 3.05) is 0 Å². The van der Waals surface area contributed by atoms with Crippen molar-refractivity contribution >= 4 is 11.5 Å². The highest BCUT2D eigenvalue weighted by molar-refractivity contribution is 7.03. The third-order valence-corrected chi connectivity index (χ3v) is 2.60. The minimum Gasteiger partial charge on any atom is -0.382 e. The molecule has 0 amide bonds. The summed E-state index contributed by atoms with van der Waals surface area (Å²) in [5.41, 5.74) is 1.48. The van der Waals surface area contributed by atoms with E-state index in [4.69, 9.17) is 0 Å². The molecule has 0 radical (unpaired) electrons. The highest BCUT2D eigenvalue weighted by Crippen LogP contribution is 2.20. The Morgan fingerprint density at radius 2 is 2.50 bits per heavy atom. The summed E-state index contributed by atoms with van der Waals surface area (Å²) in [5.74, 6) is 0. The molecule has 0 fully saturated rings. The number of aliphatic hydroxyl groups excluding tert-OH is 1.